The Labute approximate surface area is 96.5 Å². The van der Waals surface area contributed by atoms with Crippen LogP contribution in [0.4, 0.5) is 5.95 Å². The number of nitrogens with one attached hydrogen (secondary N) is 1. The summed E-state index contributed by atoms with van der Waals surface area (Å²) in [7, 11) is 2.09. The Morgan fingerprint density at radius 2 is 2.06 bits per heavy atom. The van der Waals surface area contributed by atoms with E-state index in [1.165, 1.54) is 19.3 Å². The van der Waals surface area contributed by atoms with Crippen molar-refractivity contribution in [3.63, 3.8) is 0 Å². The highest BCUT2D eigenvalue weighted by Crippen LogP contribution is 2.16. The van der Waals surface area contributed by atoms with Gasteiger partial charge in [0.15, 0.2) is 0 Å². The van der Waals surface area contributed by atoms with Crippen LogP contribution < -0.4 is 4.90 Å². The first kappa shape index (κ1) is 11.0. The topological polar surface area (TPSA) is 31.9 Å². The second kappa shape index (κ2) is 5.01. The molecule has 16 heavy (non-hydrogen) atoms. The van der Waals surface area contributed by atoms with Crippen LogP contribution in [0.2, 0.25) is 0 Å². The Bertz CT molecular complexity index is 414. The predicted octanol–water partition coefficient (Wildman–Crippen LogP) is 3.19. The molecule has 1 N–H and O–H groups in total. The molecule has 2 aromatic rings. The molecular weight excluding hydrogens is 198 g/mol. The van der Waals surface area contributed by atoms with Crippen LogP contribution >= 0.6 is 0 Å². The van der Waals surface area contributed by atoms with E-state index in [1.54, 1.807) is 0 Å². The molecule has 86 valence electrons. The monoisotopic (exact) mass is 217 g/mol. The Morgan fingerprint density at radius 3 is 2.81 bits per heavy atom. The summed E-state index contributed by atoms with van der Waals surface area (Å²) in [5.74, 6) is 0.970. The van der Waals surface area contributed by atoms with Crippen LogP contribution in [0.25, 0.3) is 11.0 Å². The molecular formula is C13H19N3. The van der Waals surface area contributed by atoms with Crippen molar-refractivity contribution in [1.82, 2.24) is 9.97 Å². The first-order chi connectivity index (χ1) is 7.81. The fourth-order valence-electron chi connectivity index (χ4n) is 1.82. The van der Waals surface area contributed by atoms with Gasteiger partial charge in [-0.15, -0.1) is 0 Å². The average Bonchev–Trinajstić information content (AvgIpc) is 2.73. The lowest BCUT2D eigenvalue weighted by atomic mass is 10.2. The van der Waals surface area contributed by atoms with E-state index in [-0.39, 0.29) is 0 Å². The molecule has 1 heterocycles. The maximum absolute atomic E-state index is 4.56. The predicted molar refractivity (Wildman–Crippen MR) is 68.9 cm³/mol. The molecule has 0 saturated carbocycles. The molecule has 0 bridgehead atoms. The summed E-state index contributed by atoms with van der Waals surface area (Å²) in [4.78, 5) is 10.1. The van der Waals surface area contributed by atoms with Crippen molar-refractivity contribution in [2.45, 2.75) is 26.2 Å². The largest absolute Gasteiger partial charge is 0.345 e. The van der Waals surface area contributed by atoms with Crippen LogP contribution in [0.3, 0.4) is 0 Å². The minimum Gasteiger partial charge on any atom is -0.345 e. The van der Waals surface area contributed by atoms with Crippen molar-refractivity contribution < 1.29 is 0 Å². The fourth-order valence-corrected chi connectivity index (χ4v) is 1.82. The van der Waals surface area contributed by atoms with Crippen LogP contribution in [-0.4, -0.2) is 23.6 Å². The van der Waals surface area contributed by atoms with E-state index in [1.807, 2.05) is 18.2 Å². The Morgan fingerprint density at radius 1 is 1.25 bits per heavy atom. The highest BCUT2D eigenvalue weighted by Gasteiger charge is 2.05. The van der Waals surface area contributed by atoms with Gasteiger partial charge in [0.2, 0.25) is 5.95 Å². The van der Waals surface area contributed by atoms with Gasteiger partial charge in [-0.3, -0.25) is 0 Å². The van der Waals surface area contributed by atoms with E-state index in [4.69, 9.17) is 0 Å². The van der Waals surface area contributed by atoms with Crippen molar-refractivity contribution in [1.29, 1.82) is 0 Å². The molecule has 0 radical (unpaired) electrons. The lowest BCUT2D eigenvalue weighted by Gasteiger charge is -2.14. The van der Waals surface area contributed by atoms with Crippen LogP contribution in [0.1, 0.15) is 26.2 Å². The van der Waals surface area contributed by atoms with Crippen LogP contribution in [0, 0.1) is 0 Å². The second-order valence-electron chi connectivity index (χ2n) is 4.21. The van der Waals surface area contributed by atoms with E-state index in [2.05, 4.69) is 34.9 Å². The second-order valence-corrected chi connectivity index (χ2v) is 4.21. The number of imidazole rings is 1. The summed E-state index contributed by atoms with van der Waals surface area (Å²) in [5, 5.41) is 0. The number of anilines is 1. The highest BCUT2D eigenvalue weighted by atomic mass is 15.2. The molecule has 0 amide bonds. The van der Waals surface area contributed by atoms with Crippen molar-refractivity contribution in [3.8, 4) is 0 Å². The zero-order chi connectivity index (χ0) is 11.4. The number of H-pyrrole nitrogens is 1. The Balaban J connectivity index is 2.07. The minimum absolute atomic E-state index is 0.970. The SMILES string of the molecule is CCCCCN(C)c1nc2ccccc2[nH]1. The number of hydrogen-bond donors (Lipinski definition) is 1. The van der Waals surface area contributed by atoms with Gasteiger partial charge in [0, 0.05) is 13.6 Å². The normalized spacial score (nSPS) is 10.9. The van der Waals surface area contributed by atoms with Crippen LogP contribution in [-0.2, 0) is 0 Å². The first-order valence-electron chi connectivity index (χ1n) is 5.97. The van der Waals surface area contributed by atoms with Gasteiger partial charge in [-0.2, -0.15) is 0 Å². The molecule has 2 rings (SSSR count). The van der Waals surface area contributed by atoms with Gasteiger partial charge >= 0.3 is 0 Å². The third-order valence-electron chi connectivity index (χ3n) is 2.84. The molecule has 3 heteroatoms. The summed E-state index contributed by atoms with van der Waals surface area (Å²) in [6.07, 6.45) is 3.77. The smallest absolute Gasteiger partial charge is 0.203 e. The van der Waals surface area contributed by atoms with Gasteiger partial charge < -0.3 is 9.88 Å². The van der Waals surface area contributed by atoms with Gasteiger partial charge in [0.05, 0.1) is 11.0 Å². The molecule has 0 saturated heterocycles. The maximum atomic E-state index is 4.56. The highest BCUT2D eigenvalue weighted by molar-refractivity contribution is 5.77. The van der Waals surface area contributed by atoms with E-state index < -0.39 is 0 Å². The molecule has 0 aliphatic heterocycles. The third kappa shape index (κ3) is 2.35. The maximum Gasteiger partial charge on any atom is 0.203 e. The first-order valence-corrected chi connectivity index (χ1v) is 5.97. The van der Waals surface area contributed by atoms with E-state index in [0.29, 0.717) is 0 Å². The number of aromatic amines is 1. The van der Waals surface area contributed by atoms with Crippen molar-refractivity contribution in [3.05, 3.63) is 24.3 Å². The van der Waals surface area contributed by atoms with Crippen molar-refractivity contribution in [2.24, 2.45) is 0 Å². The Hall–Kier alpha value is -1.51. The fraction of sp³-hybridized carbons (Fsp3) is 0.462. The van der Waals surface area contributed by atoms with Crippen LogP contribution in [0.5, 0.6) is 0 Å². The Kier molecular flexibility index (Phi) is 3.44. The van der Waals surface area contributed by atoms with Gasteiger partial charge in [0.25, 0.3) is 0 Å². The molecule has 0 atom stereocenters. The quantitative estimate of drug-likeness (QED) is 0.780. The summed E-state index contributed by atoms with van der Waals surface area (Å²) >= 11 is 0. The minimum atomic E-state index is 0.970. The molecule has 0 spiro atoms. The molecule has 1 aromatic carbocycles. The number of nitrogens with zero attached hydrogens (tertiary/aromatic N) is 2. The molecule has 0 unspecified atom stereocenters. The molecule has 0 aliphatic carbocycles. The summed E-state index contributed by atoms with van der Waals surface area (Å²) in [5.41, 5.74) is 2.15. The number of hydrogen-bond acceptors (Lipinski definition) is 2. The summed E-state index contributed by atoms with van der Waals surface area (Å²) in [6.45, 7) is 3.29. The number of unbranched alkanes of at least 4 members (excludes halogenated alkanes) is 2. The number of rotatable bonds is 5. The van der Waals surface area contributed by atoms with E-state index in [9.17, 15) is 0 Å². The van der Waals surface area contributed by atoms with Crippen LogP contribution in [0.15, 0.2) is 24.3 Å². The number of fused-ring (bicyclic) bond motifs is 1. The average molecular weight is 217 g/mol. The van der Waals surface area contributed by atoms with E-state index >= 15 is 0 Å². The van der Waals surface area contributed by atoms with Gasteiger partial charge in [0.1, 0.15) is 0 Å². The lowest BCUT2D eigenvalue weighted by Crippen LogP contribution is -2.19. The third-order valence-corrected chi connectivity index (χ3v) is 2.84. The van der Waals surface area contributed by atoms with Crippen molar-refractivity contribution in [2.75, 3.05) is 18.5 Å². The number of para-hydroxylation sites is 2. The standard InChI is InChI=1S/C13H19N3/c1-3-4-7-10-16(2)13-14-11-8-5-6-9-12(11)15-13/h5-6,8-9H,3-4,7,10H2,1-2H3,(H,14,15). The van der Waals surface area contributed by atoms with Crippen molar-refractivity contribution >= 4 is 17.0 Å². The zero-order valence-corrected chi connectivity index (χ0v) is 10.0. The van der Waals surface area contributed by atoms with Gasteiger partial charge in [-0.05, 0) is 18.6 Å². The zero-order valence-electron chi connectivity index (χ0n) is 10.0. The number of benzene rings is 1. The molecule has 0 fully saturated rings. The summed E-state index contributed by atoms with van der Waals surface area (Å²) < 4.78 is 0. The molecule has 3 nitrogen and oxygen atoms in total. The van der Waals surface area contributed by atoms with Gasteiger partial charge in [-0.1, -0.05) is 31.9 Å². The molecule has 0 aliphatic rings. The molecule has 1 aromatic heterocycles. The lowest BCUT2D eigenvalue weighted by molar-refractivity contribution is 0.699. The van der Waals surface area contributed by atoms with E-state index in [0.717, 1.165) is 23.5 Å². The summed E-state index contributed by atoms with van der Waals surface area (Å²) in [6, 6.07) is 8.15. The number of aromatic nitrogens is 2. The van der Waals surface area contributed by atoms with Gasteiger partial charge in [-0.25, -0.2) is 4.98 Å².